The van der Waals surface area contributed by atoms with Crippen LogP contribution in [0.15, 0.2) is 38.8 Å². The molecule has 1 aliphatic heterocycles. The van der Waals surface area contributed by atoms with Gasteiger partial charge in [-0.3, -0.25) is 14.3 Å². The van der Waals surface area contributed by atoms with Crippen LogP contribution in [-0.2, 0) is 11.3 Å². The highest BCUT2D eigenvalue weighted by Gasteiger charge is 2.25. The van der Waals surface area contributed by atoms with Crippen LogP contribution in [0.2, 0.25) is 5.02 Å². The number of nitrogens with zero attached hydrogens (tertiary/aromatic N) is 1. The fourth-order valence-corrected chi connectivity index (χ4v) is 5.01. The smallest absolute Gasteiger partial charge is 0.328 e. The molecule has 0 saturated carbocycles. The Balaban J connectivity index is 2.13. The van der Waals surface area contributed by atoms with Crippen molar-refractivity contribution in [3.05, 3.63) is 61.5 Å². The van der Waals surface area contributed by atoms with E-state index in [0.717, 1.165) is 21.6 Å². The number of aromatic nitrogens is 2. The zero-order chi connectivity index (χ0) is 19.3. The zero-order valence-corrected chi connectivity index (χ0v) is 16.2. The average Bonchev–Trinajstić information content (AvgIpc) is 2.83. The second-order valence-electron chi connectivity index (χ2n) is 6.46. The number of hydrogen-bond donors (Lipinski definition) is 1. The van der Waals surface area contributed by atoms with E-state index >= 15 is 0 Å². The molecular formula is C19H16ClFN2O3S. The number of rotatable bonds is 2. The van der Waals surface area contributed by atoms with Gasteiger partial charge >= 0.3 is 5.69 Å². The van der Waals surface area contributed by atoms with Crippen molar-refractivity contribution in [2.24, 2.45) is 0 Å². The minimum Gasteiger partial charge on any atom is -0.379 e. The Hall–Kier alpha value is -2.09. The molecule has 5 nitrogen and oxygen atoms in total. The normalized spacial score (nSPS) is 16.5. The van der Waals surface area contributed by atoms with Gasteiger partial charge in [-0.2, -0.15) is 0 Å². The second-order valence-corrected chi connectivity index (χ2v) is 7.90. The summed E-state index contributed by atoms with van der Waals surface area (Å²) in [5.74, 6) is 0.122. The second kappa shape index (κ2) is 6.82. The molecule has 140 valence electrons. The van der Waals surface area contributed by atoms with E-state index in [0.29, 0.717) is 23.2 Å². The van der Waals surface area contributed by atoms with Crippen LogP contribution in [0.3, 0.4) is 0 Å². The first-order chi connectivity index (χ1) is 12.9. The molecular weight excluding hydrogens is 391 g/mol. The van der Waals surface area contributed by atoms with Gasteiger partial charge in [0.25, 0.3) is 5.56 Å². The Bertz CT molecular complexity index is 1190. The standard InChI is InChI=1S/C19H16ClFN2O3S/c1-9-5-12-16-17(15(9)10-3-4-14(21)13(20)6-10)27-8-11(26-2)7-23(16)19(25)22-18(12)24/h3-6,11H,7-8H2,1-2H3,(H,22,24,25)/t11-/m1/s1. The number of benzene rings is 2. The molecule has 0 radical (unpaired) electrons. The van der Waals surface area contributed by atoms with E-state index in [4.69, 9.17) is 16.3 Å². The van der Waals surface area contributed by atoms with Crippen molar-refractivity contribution in [2.75, 3.05) is 12.9 Å². The highest BCUT2D eigenvalue weighted by molar-refractivity contribution is 7.99. The molecule has 0 amide bonds. The lowest BCUT2D eigenvalue weighted by atomic mass is 9.98. The molecule has 0 bridgehead atoms. The van der Waals surface area contributed by atoms with Crippen LogP contribution in [0.1, 0.15) is 5.56 Å². The van der Waals surface area contributed by atoms with E-state index in [1.807, 2.05) is 6.92 Å². The predicted octanol–water partition coefficient (Wildman–Crippen LogP) is 3.58. The van der Waals surface area contributed by atoms with Crippen LogP contribution in [0.25, 0.3) is 22.0 Å². The highest BCUT2D eigenvalue weighted by Crippen LogP contribution is 2.41. The molecule has 1 N–H and O–H groups in total. The Kier molecular flexibility index (Phi) is 4.61. The maximum atomic E-state index is 13.6. The SMILES string of the molecule is CO[C@H]1CSc2c(-c3ccc(F)c(Cl)c3)c(C)cc3c(=O)[nH]c(=O)n(c23)C1. The van der Waals surface area contributed by atoms with Crippen molar-refractivity contribution in [2.45, 2.75) is 24.5 Å². The van der Waals surface area contributed by atoms with Crippen molar-refractivity contribution in [1.29, 1.82) is 0 Å². The third-order valence-electron chi connectivity index (χ3n) is 4.77. The summed E-state index contributed by atoms with van der Waals surface area (Å²) in [6.07, 6.45) is -0.181. The molecule has 3 aromatic rings. The van der Waals surface area contributed by atoms with Crippen LogP contribution in [-0.4, -0.2) is 28.5 Å². The number of halogens is 2. The average molecular weight is 407 g/mol. The van der Waals surface area contributed by atoms with E-state index in [1.165, 1.54) is 17.8 Å². The molecule has 27 heavy (non-hydrogen) atoms. The molecule has 0 fully saturated rings. The molecule has 0 spiro atoms. The molecule has 4 rings (SSSR count). The van der Waals surface area contributed by atoms with E-state index in [-0.39, 0.29) is 11.1 Å². The molecule has 2 heterocycles. The maximum Gasteiger partial charge on any atom is 0.328 e. The lowest BCUT2D eigenvalue weighted by Gasteiger charge is -2.16. The summed E-state index contributed by atoms with van der Waals surface area (Å²) >= 11 is 7.51. The summed E-state index contributed by atoms with van der Waals surface area (Å²) in [4.78, 5) is 28.1. The van der Waals surface area contributed by atoms with Gasteiger partial charge in [-0.25, -0.2) is 9.18 Å². The van der Waals surface area contributed by atoms with Crippen molar-refractivity contribution in [3.63, 3.8) is 0 Å². The van der Waals surface area contributed by atoms with Crippen LogP contribution >= 0.6 is 23.4 Å². The molecule has 0 aliphatic carbocycles. The molecule has 1 aromatic heterocycles. The fourth-order valence-electron chi connectivity index (χ4n) is 3.45. The summed E-state index contributed by atoms with van der Waals surface area (Å²) in [6, 6.07) is 6.29. The number of H-pyrrole nitrogens is 1. The van der Waals surface area contributed by atoms with Gasteiger partial charge in [0.15, 0.2) is 0 Å². The number of thioether (sulfide) groups is 1. The maximum absolute atomic E-state index is 13.6. The molecule has 1 atom stereocenters. The minimum absolute atomic E-state index is 0.0240. The lowest BCUT2D eigenvalue weighted by Crippen LogP contribution is -2.34. The fraction of sp³-hybridized carbons (Fsp3) is 0.263. The van der Waals surface area contributed by atoms with E-state index in [1.54, 1.807) is 29.9 Å². The van der Waals surface area contributed by atoms with Gasteiger partial charge in [0.1, 0.15) is 5.82 Å². The van der Waals surface area contributed by atoms with Crippen LogP contribution in [0.5, 0.6) is 0 Å². The number of aryl methyl sites for hydroxylation is 1. The Morgan fingerprint density at radius 1 is 1.33 bits per heavy atom. The number of ether oxygens (including phenoxy) is 1. The quantitative estimate of drug-likeness (QED) is 0.706. The van der Waals surface area contributed by atoms with Crippen molar-refractivity contribution in [1.82, 2.24) is 9.55 Å². The lowest BCUT2D eigenvalue weighted by molar-refractivity contribution is 0.107. The van der Waals surface area contributed by atoms with Crippen LogP contribution < -0.4 is 11.2 Å². The van der Waals surface area contributed by atoms with Crippen molar-refractivity contribution in [3.8, 4) is 11.1 Å². The van der Waals surface area contributed by atoms with E-state index < -0.39 is 17.1 Å². The van der Waals surface area contributed by atoms with Gasteiger partial charge in [0, 0.05) is 23.3 Å². The first kappa shape index (κ1) is 18.3. The van der Waals surface area contributed by atoms with Crippen LogP contribution in [0.4, 0.5) is 4.39 Å². The van der Waals surface area contributed by atoms with E-state index in [9.17, 15) is 14.0 Å². The number of nitrogens with one attached hydrogen (secondary N) is 1. The van der Waals surface area contributed by atoms with Gasteiger partial charge in [0.05, 0.1) is 28.6 Å². The Labute approximate surface area is 163 Å². The monoisotopic (exact) mass is 406 g/mol. The third kappa shape index (κ3) is 2.99. The molecule has 0 saturated heterocycles. The molecule has 2 aromatic carbocycles. The Morgan fingerprint density at radius 3 is 2.81 bits per heavy atom. The van der Waals surface area contributed by atoms with Gasteiger partial charge < -0.3 is 4.74 Å². The van der Waals surface area contributed by atoms with Gasteiger partial charge in [-0.05, 0) is 36.2 Å². The van der Waals surface area contributed by atoms with Crippen molar-refractivity contribution < 1.29 is 9.13 Å². The Morgan fingerprint density at radius 2 is 2.11 bits per heavy atom. The topological polar surface area (TPSA) is 64.1 Å². The van der Waals surface area contributed by atoms with Crippen molar-refractivity contribution >= 4 is 34.3 Å². The summed E-state index contributed by atoms with van der Waals surface area (Å²) in [5, 5.41) is 0.471. The summed E-state index contributed by atoms with van der Waals surface area (Å²) < 4.78 is 20.7. The largest absolute Gasteiger partial charge is 0.379 e. The number of aromatic amines is 1. The third-order valence-corrected chi connectivity index (χ3v) is 6.29. The summed E-state index contributed by atoms with van der Waals surface area (Å²) in [6.45, 7) is 2.23. The zero-order valence-electron chi connectivity index (χ0n) is 14.6. The van der Waals surface area contributed by atoms with Gasteiger partial charge in [-0.1, -0.05) is 17.7 Å². The molecule has 0 unspecified atom stereocenters. The van der Waals surface area contributed by atoms with Crippen LogP contribution in [0, 0.1) is 12.7 Å². The van der Waals surface area contributed by atoms with Gasteiger partial charge in [0.2, 0.25) is 0 Å². The predicted molar refractivity (Wildman–Crippen MR) is 105 cm³/mol. The highest BCUT2D eigenvalue weighted by atomic mass is 35.5. The first-order valence-corrected chi connectivity index (χ1v) is 9.68. The molecule has 1 aliphatic rings. The minimum atomic E-state index is -0.495. The van der Waals surface area contributed by atoms with Gasteiger partial charge in [-0.15, -0.1) is 11.8 Å². The molecule has 8 heteroatoms. The summed E-state index contributed by atoms with van der Waals surface area (Å²) in [7, 11) is 1.60. The number of methoxy groups -OCH3 is 1. The number of hydrogen-bond acceptors (Lipinski definition) is 4. The van der Waals surface area contributed by atoms with E-state index in [2.05, 4.69) is 4.98 Å². The summed E-state index contributed by atoms with van der Waals surface area (Å²) in [5.41, 5.74) is 2.11. The first-order valence-electron chi connectivity index (χ1n) is 8.32.